The number of carbonyl (C=O) groups excluding carboxylic acids is 1. The summed E-state index contributed by atoms with van der Waals surface area (Å²) in [6.45, 7) is 4.77. The quantitative estimate of drug-likeness (QED) is 0.548. The molecule has 3 nitrogen and oxygen atoms in total. The van der Waals surface area contributed by atoms with Gasteiger partial charge in [-0.1, -0.05) is 52.4 Å². The van der Waals surface area contributed by atoms with Gasteiger partial charge in [-0.2, -0.15) is 0 Å². The SMILES string of the molecule is CCCCCC1(CCCCC)SCC(N)COC1=O. The number of nitrogens with two attached hydrogens (primary N) is 1. The van der Waals surface area contributed by atoms with Crippen LogP contribution in [0.2, 0.25) is 0 Å². The molecule has 1 unspecified atom stereocenters. The van der Waals surface area contributed by atoms with E-state index in [-0.39, 0.29) is 16.8 Å². The molecule has 1 atom stereocenters. The lowest BCUT2D eigenvalue weighted by Gasteiger charge is -2.29. The lowest BCUT2D eigenvalue weighted by molar-refractivity contribution is -0.147. The van der Waals surface area contributed by atoms with Gasteiger partial charge in [-0.15, -0.1) is 11.8 Å². The Morgan fingerprint density at radius 3 is 2.32 bits per heavy atom. The predicted octanol–water partition coefficient (Wildman–Crippen LogP) is 3.50. The number of esters is 1. The van der Waals surface area contributed by atoms with E-state index in [0.29, 0.717) is 6.61 Å². The highest BCUT2D eigenvalue weighted by Crippen LogP contribution is 2.39. The van der Waals surface area contributed by atoms with Crippen molar-refractivity contribution < 1.29 is 9.53 Å². The van der Waals surface area contributed by atoms with Crippen LogP contribution in [0.1, 0.15) is 65.2 Å². The highest BCUT2D eigenvalue weighted by Gasteiger charge is 2.41. The highest BCUT2D eigenvalue weighted by molar-refractivity contribution is 8.01. The van der Waals surface area contributed by atoms with Gasteiger partial charge in [0.1, 0.15) is 11.4 Å². The van der Waals surface area contributed by atoms with Crippen LogP contribution in [0.25, 0.3) is 0 Å². The average molecular weight is 287 g/mol. The number of ether oxygens (including phenoxy) is 1. The lowest BCUT2D eigenvalue weighted by atomic mass is 9.94. The smallest absolute Gasteiger partial charge is 0.322 e. The molecule has 112 valence electrons. The zero-order valence-electron chi connectivity index (χ0n) is 12.5. The van der Waals surface area contributed by atoms with Crippen LogP contribution in [0.15, 0.2) is 0 Å². The number of thioether (sulfide) groups is 1. The number of rotatable bonds is 8. The summed E-state index contributed by atoms with van der Waals surface area (Å²) in [5, 5.41) is 0. The molecule has 19 heavy (non-hydrogen) atoms. The highest BCUT2D eigenvalue weighted by atomic mass is 32.2. The molecular formula is C15H29NO2S. The standard InChI is InChI=1S/C15H29NO2S/c1-3-5-7-9-15(10-8-6-4-2)14(17)18-11-13(16)12-19-15/h13H,3-12,16H2,1-2H3. The topological polar surface area (TPSA) is 52.3 Å². The Bertz CT molecular complexity index is 261. The number of hydrogen-bond acceptors (Lipinski definition) is 4. The second-order valence-electron chi connectivity index (χ2n) is 5.58. The van der Waals surface area contributed by atoms with Crippen molar-refractivity contribution in [1.82, 2.24) is 0 Å². The van der Waals surface area contributed by atoms with Gasteiger partial charge in [0.2, 0.25) is 0 Å². The molecule has 1 aliphatic heterocycles. The molecule has 4 heteroatoms. The van der Waals surface area contributed by atoms with Crippen molar-refractivity contribution in [3.05, 3.63) is 0 Å². The molecule has 0 aromatic carbocycles. The second kappa shape index (κ2) is 8.85. The van der Waals surface area contributed by atoms with Crippen molar-refractivity contribution in [3.63, 3.8) is 0 Å². The molecule has 1 saturated heterocycles. The van der Waals surface area contributed by atoms with E-state index < -0.39 is 0 Å². The molecule has 0 aliphatic carbocycles. The predicted molar refractivity (Wildman–Crippen MR) is 82.4 cm³/mol. The van der Waals surface area contributed by atoms with Gasteiger partial charge in [0.15, 0.2) is 0 Å². The van der Waals surface area contributed by atoms with Crippen molar-refractivity contribution in [2.24, 2.45) is 5.73 Å². The maximum atomic E-state index is 12.4. The summed E-state index contributed by atoms with van der Waals surface area (Å²) < 4.78 is 5.09. The first kappa shape index (κ1) is 16.8. The molecule has 0 spiro atoms. The van der Waals surface area contributed by atoms with E-state index in [1.165, 1.54) is 25.7 Å². The zero-order chi connectivity index (χ0) is 14.1. The Hall–Kier alpha value is -0.220. The molecule has 1 aliphatic rings. The molecule has 1 heterocycles. The molecule has 0 aromatic rings. The van der Waals surface area contributed by atoms with Gasteiger partial charge in [0.25, 0.3) is 0 Å². The third kappa shape index (κ3) is 5.35. The number of hydrogen-bond donors (Lipinski definition) is 1. The third-order valence-corrected chi connectivity index (χ3v) is 5.46. The van der Waals surface area contributed by atoms with Gasteiger partial charge in [-0.05, 0) is 12.8 Å². The van der Waals surface area contributed by atoms with Crippen molar-refractivity contribution in [3.8, 4) is 0 Å². The van der Waals surface area contributed by atoms with Gasteiger partial charge in [-0.25, -0.2) is 0 Å². The van der Waals surface area contributed by atoms with E-state index >= 15 is 0 Å². The van der Waals surface area contributed by atoms with Crippen LogP contribution in [-0.4, -0.2) is 29.1 Å². The number of carbonyl (C=O) groups is 1. The fourth-order valence-electron chi connectivity index (χ4n) is 2.48. The largest absolute Gasteiger partial charge is 0.463 e. The zero-order valence-corrected chi connectivity index (χ0v) is 13.3. The molecular weight excluding hydrogens is 258 g/mol. The lowest BCUT2D eigenvalue weighted by Crippen LogP contribution is -2.36. The van der Waals surface area contributed by atoms with Crippen LogP contribution in [-0.2, 0) is 9.53 Å². The fourth-order valence-corrected chi connectivity index (χ4v) is 3.87. The van der Waals surface area contributed by atoms with E-state index in [1.807, 2.05) is 0 Å². The third-order valence-electron chi connectivity index (χ3n) is 3.74. The summed E-state index contributed by atoms with van der Waals surface area (Å²) in [6.07, 6.45) is 8.86. The molecule has 0 radical (unpaired) electrons. The normalized spacial score (nSPS) is 22.9. The van der Waals surface area contributed by atoms with Crippen molar-refractivity contribution >= 4 is 17.7 Å². The van der Waals surface area contributed by atoms with Crippen molar-refractivity contribution in [2.75, 3.05) is 12.4 Å². The molecule has 2 N–H and O–H groups in total. The van der Waals surface area contributed by atoms with Crippen molar-refractivity contribution in [1.29, 1.82) is 0 Å². The Morgan fingerprint density at radius 2 is 1.79 bits per heavy atom. The summed E-state index contributed by atoms with van der Waals surface area (Å²) in [5.74, 6) is 0.821. The first-order valence-corrected chi connectivity index (χ1v) is 8.70. The summed E-state index contributed by atoms with van der Waals surface area (Å²) >= 11 is 1.75. The minimum atomic E-state index is -0.321. The van der Waals surface area contributed by atoms with Gasteiger partial charge in [0.05, 0.1) is 0 Å². The van der Waals surface area contributed by atoms with E-state index in [1.54, 1.807) is 11.8 Å². The Labute approximate surface area is 122 Å². The molecule has 1 fully saturated rings. The van der Waals surface area contributed by atoms with E-state index in [9.17, 15) is 4.79 Å². The van der Waals surface area contributed by atoms with Crippen LogP contribution in [0.5, 0.6) is 0 Å². The fraction of sp³-hybridized carbons (Fsp3) is 0.933. The maximum absolute atomic E-state index is 12.4. The van der Waals surface area contributed by atoms with E-state index in [2.05, 4.69) is 13.8 Å². The summed E-state index contributed by atoms with van der Waals surface area (Å²) in [6, 6.07) is -0.00632. The number of cyclic esters (lactones) is 1. The van der Waals surface area contributed by atoms with Gasteiger partial charge < -0.3 is 10.5 Å². The maximum Gasteiger partial charge on any atom is 0.322 e. The van der Waals surface area contributed by atoms with Gasteiger partial charge >= 0.3 is 5.97 Å². The Balaban J connectivity index is 2.66. The second-order valence-corrected chi connectivity index (χ2v) is 6.98. The van der Waals surface area contributed by atoms with Gasteiger partial charge in [0, 0.05) is 11.8 Å². The molecule has 1 rings (SSSR count). The van der Waals surface area contributed by atoms with Crippen LogP contribution in [0.4, 0.5) is 0 Å². The Morgan fingerprint density at radius 1 is 1.21 bits per heavy atom. The van der Waals surface area contributed by atoms with E-state index in [0.717, 1.165) is 31.4 Å². The molecule has 0 bridgehead atoms. The minimum absolute atomic E-state index is 0.00632. The summed E-state index contributed by atoms with van der Waals surface area (Å²) in [7, 11) is 0. The van der Waals surface area contributed by atoms with Crippen LogP contribution < -0.4 is 5.73 Å². The van der Waals surface area contributed by atoms with E-state index in [4.69, 9.17) is 10.5 Å². The molecule has 0 amide bonds. The number of unbranched alkanes of at least 4 members (excludes halogenated alkanes) is 4. The average Bonchev–Trinajstić information content (AvgIpc) is 2.54. The monoisotopic (exact) mass is 287 g/mol. The first-order chi connectivity index (χ1) is 9.14. The van der Waals surface area contributed by atoms with Crippen molar-refractivity contribution in [2.45, 2.75) is 76.0 Å². The molecule has 0 saturated carbocycles. The summed E-state index contributed by atoms with van der Waals surface area (Å²) in [5.41, 5.74) is 5.93. The van der Waals surface area contributed by atoms with Crippen LogP contribution in [0, 0.1) is 0 Å². The summed E-state index contributed by atoms with van der Waals surface area (Å²) in [4.78, 5) is 12.4. The van der Waals surface area contributed by atoms with Crippen LogP contribution in [0.3, 0.4) is 0 Å². The minimum Gasteiger partial charge on any atom is -0.463 e. The van der Waals surface area contributed by atoms with Crippen LogP contribution >= 0.6 is 11.8 Å². The van der Waals surface area contributed by atoms with Gasteiger partial charge in [-0.3, -0.25) is 4.79 Å². The molecule has 0 aromatic heterocycles. The first-order valence-electron chi connectivity index (χ1n) is 7.71. The Kier molecular flexibility index (Phi) is 7.84.